The zero-order chi connectivity index (χ0) is 11.4. The largest absolute Gasteiger partial charge is 0.302 e. The molecule has 4 heteroatoms. The number of pyridine rings is 1. The van der Waals surface area contributed by atoms with E-state index < -0.39 is 0 Å². The van der Waals surface area contributed by atoms with Crippen LogP contribution in [-0.4, -0.2) is 11.6 Å². The Balaban J connectivity index is 2.35. The summed E-state index contributed by atoms with van der Waals surface area (Å²) in [4.78, 5) is 9.45. The monoisotopic (exact) mass is 236 g/mol. The predicted octanol–water partition coefficient (Wildman–Crippen LogP) is 2.93. The SMILES string of the molecule is CCONCc1ccc(Cl)c2cccnc12. The Labute approximate surface area is 99.3 Å². The lowest BCUT2D eigenvalue weighted by Gasteiger charge is -2.07. The van der Waals surface area contributed by atoms with Crippen LogP contribution in [0.5, 0.6) is 0 Å². The maximum atomic E-state index is 6.10. The van der Waals surface area contributed by atoms with Crippen LogP contribution in [-0.2, 0) is 11.4 Å². The maximum Gasteiger partial charge on any atom is 0.0762 e. The highest BCUT2D eigenvalue weighted by Crippen LogP contribution is 2.24. The number of nitrogens with zero attached hydrogens (tertiary/aromatic N) is 1. The molecule has 0 atom stereocenters. The molecule has 1 N–H and O–H groups in total. The minimum atomic E-state index is 0.624. The molecule has 0 aliphatic heterocycles. The molecule has 1 aromatic heterocycles. The smallest absolute Gasteiger partial charge is 0.0762 e. The second-order valence-corrected chi connectivity index (χ2v) is 3.77. The molecule has 2 aromatic rings. The first kappa shape index (κ1) is 11.3. The van der Waals surface area contributed by atoms with Crippen molar-refractivity contribution in [3.63, 3.8) is 0 Å². The van der Waals surface area contributed by atoms with Crippen molar-refractivity contribution in [1.82, 2.24) is 10.5 Å². The van der Waals surface area contributed by atoms with Gasteiger partial charge in [-0.2, -0.15) is 5.48 Å². The molecule has 2 rings (SSSR count). The third-order valence-electron chi connectivity index (χ3n) is 2.31. The van der Waals surface area contributed by atoms with Gasteiger partial charge in [0.15, 0.2) is 0 Å². The molecule has 0 aliphatic carbocycles. The Morgan fingerprint density at radius 1 is 1.38 bits per heavy atom. The Morgan fingerprint density at radius 3 is 3.06 bits per heavy atom. The van der Waals surface area contributed by atoms with E-state index in [1.54, 1.807) is 6.20 Å². The number of halogens is 1. The third kappa shape index (κ3) is 2.32. The first-order valence-electron chi connectivity index (χ1n) is 5.19. The Morgan fingerprint density at radius 2 is 2.25 bits per heavy atom. The number of nitrogens with one attached hydrogen (secondary N) is 1. The van der Waals surface area contributed by atoms with Gasteiger partial charge in [0.1, 0.15) is 0 Å². The first-order chi connectivity index (χ1) is 7.83. The van der Waals surface area contributed by atoms with Crippen LogP contribution in [0.25, 0.3) is 10.9 Å². The van der Waals surface area contributed by atoms with Crippen molar-refractivity contribution in [2.75, 3.05) is 6.61 Å². The molecular formula is C12H13ClN2O. The van der Waals surface area contributed by atoms with Crippen LogP contribution in [0.4, 0.5) is 0 Å². The number of hydroxylamine groups is 1. The maximum absolute atomic E-state index is 6.10. The summed E-state index contributed by atoms with van der Waals surface area (Å²) in [6.07, 6.45) is 1.77. The lowest BCUT2D eigenvalue weighted by molar-refractivity contribution is 0.0465. The molecule has 0 amide bonds. The molecule has 0 saturated carbocycles. The van der Waals surface area contributed by atoms with Crippen LogP contribution in [0.2, 0.25) is 5.02 Å². The fourth-order valence-corrected chi connectivity index (χ4v) is 1.79. The predicted molar refractivity (Wildman–Crippen MR) is 65.2 cm³/mol. The van der Waals surface area contributed by atoms with Crippen molar-refractivity contribution in [2.24, 2.45) is 0 Å². The average molecular weight is 237 g/mol. The van der Waals surface area contributed by atoms with Crippen molar-refractivity contribution in [2.45, 2.75) is 13.5 Å². The summed E-state index contributed by atoms with van der Waals surface area (Å²) < 4.78 is 0. The van der Waals surface area contributed by atoms with Crippen molar-refractivity contribution in [3.8, 4) is 0 Å². The van der Waals surface area contributed by atoms with E-state index in [1.165, 1.54) is 0 Å². The third-order valence-corrected chi connectivity index (χ3v) is 2.64. The van der Waals surface area contributed by atoms with E-state index in [2.05, 4.69) is 10.5 Å². The minimum Gasteiger partial charge on any atom is -0.302 e. The highest BCUT2D eigenvalue weighted by molar-refractivity contribution is 6.35. The van der Waals surface area contributed by atoms with Gasteiger partial charge in [0.05, 0.1) is 12.1 Å². The van der Waals surface area contributed by atoms with E-state index in [1.807, 2.05) is 31.2 Å². The number of rotatable bonds is 4. The topological polar surface area (TPSA) is 34.1 Å². The zero-order valence-electron chi connectivity index (χ0n) is 9.03. The van der Waals surface area contributed by atoms with E-state index in [0.29, 0.717) is 13.2 Å². The first-order valence-corrected chi connectivity index (χ1v) is 5.57. The highest BCUT2D eigenvalue weighted by atomic mass is 35.5. The highest BCUT2D eigenvalue weighted by Gasteiger charge is 2.04. The van der Waals surface area contributed by atoms with Gasteiger partial charge in [0.2, 0.25) is 0 Å². The molecule has 3 nitrogen and oxygen atoms in total. The molecule has 16 heavy (non-hydrogen) atoms. The van der Waals surface area contributed by atoms with Crippen LogP contribution in [0.1, 0.15) is 12.5 Å². The van der Waals surface area contributed by atoms with Crippen LogP contribution >= 0.6 is 11.6 Å². The van der Waals surface area contributed by atoms with Crippen LogP contribution < -0.4 is 5.48 Å². The second kappa shape index (κ2) is 5.25. The minimum absolute atomic E-state index is 0.624. The van der Waals surface area contributed by atoms with Gasteiger partial charge in [0, 0.05) is 23.2 Å². The average Bonchev–Trinajstić information content (AvgIpc) is 2.33. The van der Waals surface area contributed by atoms with Crippen LogP contribution in [0.3, 0.4) is 0 Å². The van der Waals surface area contributed by atoms with Crippen LogP contribution in [0.15, 0.2) is 30.5 Å². The fraction of sp³-hybridized carbons (Fsp3) is 0.250. The summed E-state index contributed by atoms with van der Waals surface area (Å²) in [5.74, 6) is 0. The molecule has 0 aliphatic rings. The van der Waals surface area contributed by atoms with Crippen molar-refractivity contribution < 1.29 is 4.84 Å². The van der Waals surface area contributed by atoms with E-state index >= 15 is 0 Å². The Kier molecular flexibility index (Phi) is 3.72. The van der Waals surface area contributed by atoms with Gasteiger partial charge >= 0.3 is 0 Å². The Bertz CT molecular complexity index is 487. The molecule has 1 aromatic carbocycles. The molecule has 0 unspecified atom stereocenters. The van der Waals surface area contributed by atoms with E-state index in [0.717, 1.165) is 21.5 Å². The standard InChI is InChI=1S/C12H13ClN2O/c1-2-16-15-8-9-5-6-11(13)10-4-3-7-14-12(9)10/h3-7,15H,2,8H2,1H3. The van der Waals surface area contributed by atoms with Crippen molar-refractivity contribution in [1.29, 1.82) is 0 Å². The molecule has 0 fully saturated rings. The number of hydrogen-bond acceptors (Lipinski definition) is 3. The van der Waals surface area contributed by atoms with Crippen LogP contribution in [0, 0.1) is 0 Å². The molecule has 0 saturated heterocycles. The van der Waals surface area contributed by atoms with E-state index in [4.69, 9.17) is 16.4 Å². The molecule has 84 valence electrons. The number of aromatic nitrogens is 1. The normalized spacial score (nSPS) is 10.9. The molecular weight excluding hydrogens is 224 g/mol. The molecule has 1 heterocycles. The molecule has 0 bridgehead atoms. The summed E-state index contributed by atoms with van der Waals surface area (Å²) in [7, 11) is 0. The number of hydrogen-bond donors (Lipinski definition) is 1. The molecule has 0 spiro atoms. The Hall–Kier alpha value is -1.16. The number of fused-ring (bicyclic) bond motifs is 1. The lowest BCUT2D eigenvalue weighted by Crippen LogP contribution is -2.14. The van der Waals surface area contributed by atoms with Gasteiger partial charge in [-0.3, -0.25) is 4.98 Å². The zero-order valence-corrected chi connectivity index (χ0v) is 9.79. The lowest BCUT2D eigenvalue weighted by atomic mass is 10.1. The summed E-state index contributed by atoms with van der Waals surface area (Å²) >= 11 is 6.10. The van der Waals surface area contributed by atoms with Gasteiger partial charge in [-0.15, -0.1) is 0 Å². The van der Waals surface area contributed by atoms with Gasteiger partial charge in [0.25, 0.3) is 0 Å². The second-order valence-electron chi connectivity index (χ2n) is 3.36. The number of benzene rings is 1. The molecule has 0 radical (unpaired) electrons. The van der Waals surface area contributed by atoms with Gasteiger partial charge in [-0.1, -0.05) is 17.7 Å². The van der Waals surface area contributed by atoms with E-state index in [9.17, 15) is 0 Å². The summed E-state index contributed by atoms with van der Waals surface area (Å²) in [5.41, 5.74) is 4.88. The van der Waals surface area contributed by atoms with E-state index in [-0.39, 0.29) is 0 Å². The van der Waals surface area contributed by atoms with Crippen molar-refractivity contribution in [3.05, 3.63) is 41.0 Å². The van der Waals surface area contributed by atoms with Gasteiger partial charge in [-0.25, -0.2) is 0 Å². The summed E-state index contributed by atoms with van der Waals surface area (Å²) in [5, 5.41) is 1.70. The summed E-state index contributed by atoms with van der Waals surface area (Å²) in [6.45, 7) is 3.20. The van der Waals surface area contributed by atoms with Gasteiger partial charge in [-0.05, 0) is 30.7 Å². The quantitative estimate of drug-likeness (QED) is 0.655. The fourth-order valence-electron chi connectivity index (χ4n) is 1.57. The summed E-state index contributed by atoms with van der Waals surface area (Å²) in [6, 6.07) is 7.70. The van der Waals surface area contributed by atoms with Gasteiger partial charge < -0.3 is 4.84 Å². The van der Waals surface area contributed by atoms with Crippen molar-refractivity contribution >= 4 is 22.5 Å².